The third kappa shape index (κ3) is 3.76. The van der Waals surface area contributed by atoms with Gasteiger partial charge in [0.1, 0.15) is 0 Å². The maximum absolute atomic E-state index is 13.3. The fourth-order valence-corrected chi connectivity index (χ4v) is 5.36. The number of benzene rings is 3. The van der Waals surface area contributed by atoms with Gasteiger partial charge in [-0.1, -0.05) is 65.7 Å². The van der Waals surface area contributed by atoms with E-state index >= 15 is 0 Å². The normalized spacial score (nSPS) is 22.0. The lowest BCUT2D eigenvalue weighted by Gasteiger charge is -2.59. The van der Waals surface area contributed by atoms with E-state index in [2.05, 4.69) is 16.3 Å². The summed E-state index contributed by atoms with van der Waals surface area (Å²) in [5.41, 5.74) is 3.63. The first-order valence-electron chi connectivity index (χ1n) is 10.6. The van der Waals surface area contributed by atoms with Gasteiger partial charge in [-0.05, 0) is 41.5 Å². The van der Waals surface area contributed by atoms with Crippen molar-refractivity contribution in [3.63, 3.8) is 0 Å². The molecule has 2 aliphatic rings. The zero-order valence-electron chi connectivity index (χ0n) is 17.3. The molecule has 32 heavy (non-hydrogen) atoms. The van der Waals surface area contributed by atoms with Crippen molar-refractivity contribution in [1.29, 1.82) is 0 Å². The number of hydrogen-bond acceptors (Lipinski definition) is 3. The first-order chi connectivity index (χ1) is 15.6. The summed E-state index contributed by atoms with van der Waals surface area (Å²) in [4.78, 5) is 17.3. The Labute approximate surface area is 197 Å². The van der Waals surface area contributed by atoms with Crippen LogP contribution < -0.4 is 10.2 Å². The van der Waals surface area contributed by atoms with Gasteiger partial charge in [0.15, 0.2) is 0 Å². The van der Waals surface area contributed by atoms with Gasteiger partial charge in [0, 0.05) is 52.5 Å². The van der Waals surface area contributed by atoms with E-state index in [0.717, 1.165) is 16.8 Å². The molecule has 3 atom stereocenters. The Balaban J connectivity index is 1.44. The Kier molecular flexibility index (Phi) is 5.82. The molecule has 1 fully saturated rings. The van der Waals surface area contributed by atoms with Crippen molar-refractivity contribution in [1.82, 2.24) is 4.90 Å². The monoisotopic (exact) mass is 467 g/mol. The number of halogens is 2. The summed E-state index contributed by atoms with van der Waals surface area (Å²) in [6.45, 7) is 1.20. The zero-order chi connectivity index (χ0) is 22.2. The SMILES string of the molecule is O=C(Nc1cccc(Cl)c1)N1C[C@H]2[C@@H](c3ccccc31)[C@H](CO)N2Cc1ccccc1Cl. The van der Waals surface area contributed by atoms with Crippen LogP contribution in [0.3, 0.4) is 0 Å². The van der Waals surface area contributed by atoms with E-state index < -0.39 is 0 Å². The molecular weight excluding hydrogens is 445 g/mol. The topological polar surface area (TPSA) is 55.8 Å². The number of nitrogens with one attached hydrogen (secondary N) is 1. The molecule has 1 saturated heterocycles. The second-order valence-corrected chi connectivity index (χ2v) is 9.06. The summed E-state index contributed by atoms with van der Waals surface area (Å²) in [5, 5.41) is 14.4. The van der Waals surface area contributed by atoms with Crippen LogP contribution in [0.15, 0.2) is 72.8 Å². The molecule has 5 rings (SSSR count). The molecule has 2 amide bonds. The molecule has 0 unspecified atom stereocenters. The standard InChI is InChI=1S/C25H23Cl2N3O2/c26-17-7-5-8-18(12-17)28-25(32)30-14-22-24(19-9-2-4-11-21(19)30)23(15-31)29(22)13-16-6-1-3-10-20(16)27/h1-12,22-24,31H,13-15H2,(H,28,32)/t22-,23-,24+/m0/s1. The van der Waals surface area contributed by atoms with Crippen molar-refractivity contribution in [3.05, 3.63) is 94.0 Å². The number of amides is 2. The second kappa shape index (κ2) is 8.75. The average molecular weight is 468 g/mol. The molecular formula is C25H23Cl2N3O2. The summed E-state index contributed by atoms with van der Waals surface area (Å²) in [6, 6.07) is 22.7. The van der Waals surface area contributed by atoms with E-state index in [-0.39, 0.29) is 30.6 Å². The highest BCUT2D eigenvalue weighted by molar-refractivity contribution is 6.31. The first kappa shape index (κ1) is 21.3. The third-order valence-electron chi connectivity index (χ3n) is 6.46. The highest BCUT2D eigenvalue weighted by Gasteiger charge is 2.53. The number of para-hydroxylation sites is 1. The quantitative estimate of drug-likeness (QED) is 0.541. The van der Waals surface area contributed by atoms with Gasteiger partial charge in [-0.3, -0.25) is 9.80 Å². The van der Waals surface area contributed by atoms with Crippen LogP contribution in [0.25, 0.3) is 0 Å². The number of carbonyl (C=O) groups is 1. The fraction of sp³-hybridized carbons (Fsp3) is 0.240. The fourth-order valence-electron chi connectivity index (χ4n) is 4.97. The predicted octanol–water partition coefficient (Wildman–Crippen LogP) is 5.37. The average Bonchev–Trinajstić information content (AvgIpc) is 2.78. The van der Waals surface area contributed by atoms with Crippen LogP contribution in [-0.2, 0) is 6.54 Å². The minimum atomic E-state index is -0.205. The molecule has 0 bridgehead atoms. The number of anilines is 2. The van der Waals surface area contributed by atoms with Crippen molar-refractivity contribution >= 4 is 40.6 Å². The Hall–Kier alpha value is -2.57. The van der Waals surface area contributed by atoms with Gasteiger partial charge in [-0.25, -0.2) is 4.79 Å². The molecule has 0 aromatic heterocycles. The van der Waals surface area contributed by atoms with Gasteiger partial charge in [-0.15, -0.1) is 0 Å². The zero-order valence-corrected chi connectivity index (χ0v) is 18.8. The molecule has 0 aliphatic carbocycles. The molecule has 2 heterocycles. The van der Waals surface area contributed by atoms with E-state index in [9.17, 15) is 9.90 Å². The number of urea groups is 1. The third-order valence-corrected chi connectivity index (χ3v) is 7.06. The Morgan fingerprint density at radius 1 is 1.03 bits per heavy atom. The number of aliphatic hydroxyl groups excluding tert-OH is 1. The molecule has 0 saturated carbocycles. The molecule has 2 aliphatic heterocycles. The number of carbonyl (C=O) groups excluding carboxylic acids is 1. The second-order valence-electron chi connectivity index (χ2n) is 8.22. The van der Waals surface area contributed by atoms with Crippen LogP contribution in [0.2, 0.25) is 10.0 Å². The number of aliphatic hydroxyl groups is 1. The number of nitrogens with zero attached hydrogens (tertiary/aromatic N) is 2. The van der Waals surface area contributed by atoms with Gasteiger partial charge in [0.25, 0.3) is 0 Å². The lowest BCUT2D eigenvalue weighted by atomic mass is 9.72. The molecule has 0 spiro atoms. The first-order valence-corrected chi connectivity index (χ1v) is 11.4. The molecule has 7 heteroatoms. The van der Waals surface area contributed by atoms with E-state index in [1.807, 2.05) is 48.5 Å². The summed E-state index contributed by atoms with van der Waals surface area (Å²) in [7, 11) is 0. The van der Waals surface area contributed by atoms with Crippen molar-refractivity contribution in [2.45, 2.75) is 24.5 Å². The molecule has 5 nitrogen and oxygen atoms in total. The molecule has 164 valence electrons. The van der Waals surface area contributed by atoms with E-state index in [1.165, 1.54) is 0 Å². The lowest BCUT2D eigenvalue weighted by Crippen LogP contribution is -2.69. The summed E-state index contributed by atoms with van der Waals surface area (Å²) >= 11 is 12.5. The Morgan fingerprint density at radius 2 is 1.81 bits per heavy atom. The molecule has 0 radical (unpaired) electrons. The maximum Gasteiger partial charge on any atom is 0.326 e. The minimum absolute atomic E-state index is 0.0180. The van der Waals surface area contributed by atoms with E-state index in [4.69, 9.17) is 23.2 Å². The number of rotatable bonds is 4. The Morgan fingerprint density at radius 3 is 2.59 bits per heavy atom. The van der Waals surface area contributed by atoms with Crippen molar-refractivity contribution in [2.75, 3.05) is 23.4 Å². The summed E-state index contributed by atoms with van der Waals surface area (Å²) < 4.78 is 0. The van der Waals surface area contributed by atoms with Gasteiger partial charge in [0.05, 0.1) is 6.61 Å². The predicted molar refractivity (Wildman–Crippen MR) is 129 cm³/mol. The highest BCUT2D eigenvalue weighted by Crippen LogP contribution is 2.49. The highest BCUT2D eigenvalue weighted by atomic mass is 35.5. The number of hydrogen-bond donors (Lipinski definition) is 2. The van der Waals surface area contributed by atoms with Crippen LogP contribution >= 0.6 is 23.2 Å². The Bertz CT molecular complexity index is 1160. The van der Waals surface area contributed by atoms with Gasteiger partial charge in [0.2, 0.25) is 0 Å². The molecule has 3 aromatic rings. The van der Waals surface area contributed by atoms with Crippen LogP contribution in [0.4, 0.5) is 16.2 Å². The van der Waals surface area contributed by atoms with E-state index in [0.29, 0.717) is 28.8 Å². The van der Waals surface area contributed by atoms with Crippen molar-refractivity contribution in [3.8, 4) is 0 Å². The van der Waals surface area contributed by atoms with Gasteiger partial charge in [-0.2, -0.15) is 0 Å². The number of fused-ring (bicyclic) bond motifs is 3. The van der Waals surface area contributed by atoms with Gasteiger partial charge >= 0.3 is 6.03 Å². The van der Waals surface area contributed by atoms with E-state index in [1.54, 1.807) is 23.1 Å². The minimum Gasteiger partial charge on any atom is -0.395 e. The van der Waals surface area contributed by atoms with Gasteiger partial charge < -0.3 is 10.4 Å². The molecule has 3 aromatic carbocycles. The van der Waals surface area contributed by atoms with Crippen LogP contribution in [0, 0.1) is 0 Å². The van der Waals surface area contributed by atoms with Crippen LogP contribution in [0.1, 0.15) is 17.0 Å². The number of likely N-dealkylation sites (tertiary alicyclic amines) is 1. The maximum atomic E-state index is 13.3. The molecule has 2 N–H and O–H groups in total. The summed E-state index contributed by atoms with van der Waals surface area (Å²) in [6.07, 6.45) is 0. The largest absolute Gasteiger partial charge is 0.395 e. The van der Waals surface area contributed by atoms with Crippen LogP contribution in [-0.4, -0.2) is 41.3 Å². The van der Waals surface area contributed by atoms with Crippen molar-refractivity contribution < 1.29 is 9.90 Å². The smallest absolute Gasteiger partial charge is 0.326 e. The van der Waals surface area contributed by atoms with Crippen molar-refractivity contribution in [2.24, 2.45) is 0 Å². The van der Waals surface area contributed by atoms with Crippen LogP contribution in [0.5, 0.6) is 0 Å². The lowest BCUT2D eigenvalue weighted by molar-refractivity contribution is -0.0484. The summed E-state index contributed by atoms with van der Waals surface area (Å²) in [5.74, 6) is 0.161.